The molecule has 4 nitrogen and oxygen atoms in total. The zero-order chi connectivity index (χ0) is 12.5. The Bertz CT molecular complexity index is 382. The molecule has 0 saturated heterocycles. The number of halogens is 2. The maximum absolute atomic E-state index is 13.1. The van der Waals surface area contributed by atoms with Crippen molar-refractivity contribution >= 4 is 0 Å². The van der Waals surface area contributed by atoms with Crippen LogP contribution in [-0.4, -0.2) is 25.8 Å². The Balaban J connectivity index is 2.15. The molecule has 96 valence electrons. The number of aromatic nitrogens is 3. The minimum absolute atomic E-state index is 0.0439. The van der Waals surface area contributed by atoms with Gasteiger partial charge < -0.3 is 9.67 Å². The highest BCUT2D eigenvalue weighted by Gasteiger charge is 2.37. The van der Waals surface area contributed by atoms with Gasteiger partial charge in [0.05, 0.1) is 0 Å². The van der Waals surface area contributed by atoms with E-state index >= 15 is 0 Å². The van der Waals surface area contributed by atoms with Gasteiger partial charge >= 0.3 is 0 Å². The lowest BCUT2D eigenvalue weighted by Gasteiger charge is -2.27. The van der Waals surface area contributed by atoms with Crippen LogP contribution in [0.1, 0.15) is 50.2 Å². The molecule has 0 unspecified atom stereocenters. The molecule has 0 bridgehead atoms. The predicted octanol–water partition coefficient (Wildman–Crippen LogP) is 2.08. The first kappa shape index (κ1) is 12.4. The van der Waals surface area contributed by atoms with Crippen LogP contribution in [-0.2, 0) is 13.2 Å². The molecule has 1 saturated carbocycles. The molecule has 6 heteroatoms. The van der Waals surface area contributed by atoms with Crippen LogP contribution in [0.2, 0.25) is 0 Å². The van der Waals surface area contributed by atoms with Gasteiger partial charge in [-0.1, -0.05) is 0 Å². The fourth-order valence-corrected chi connectivity index (χ4v) is 2.41. The zero-order valence-electron chi connectivity index (χ0n) is 9.86. The Morgan fingerprint density at radius 1 is 1.35 bits per heavy atom. The Labute approximate surface area is 98.7 Å². The molecule has 1 fully saturated rings. The second-order valence-corrected chi connectivity index (χ2v) is 4.51. The van der Waals surface area contributed by atoms with E-state index in [1.165, 1.54) is 0 Å². The second-order valence-electron chi connectivity index (χ2n) is 4.51. The molecule has 0 atom stereocenters. The van der Waals surface area contributed by atoms with Crippen LogP contribution < -0.4 is 0 Å². The summed E-state index contributed by atoms with van der Waals surface area (Å²) in [7, 11) is 0. The van der Waals surface area contributed by atoms with E-state index in [-0.39, 0.29) is 25.4 Å². The van der Waals surface area contributed by atoms with E-state index in [9.17, 15) is 8.78 Å². The van der Waals surface area contributed by atoms with Crippen molar-refractivity contribution in [3.05, 3.63) is 11.6 Å². The van der Waals surface area contributed by atoms with E-state index in [2.05, 4.69) is 10.2 Å². The highest BCUT2D eigenvalue weighted by molar-refractivity contribution is 5.04. The first-order chi connectivity index (χ1) is 8.07. The Morgan fingerprint density at radius 3 is 2.53 bits per heavy atom. The maximum Gasteiger partial charge on any atom is 0.248 e. The molecule has 1 N–H and O–H groups in total. The number of alkyl halides is 2. The molecule has 1 aromatic heterocycles. The first-order valence-corrected chi connectivity index (χ1v) is 5.98. The average Bonchev–Trinajstić information content (AvgIpc) is 2.71. The molecule has 0 aliphatic heterocycles. The molecule has 0 amide bonds. The van der Waals surface area contributed by atoms with E-state index in [0.717, 1.165) is 5.82 Å². The van der Waals surface area contributed by atoms with Gasteiger partial charge in [-0.15, -0.1) is 10.2 Å². The lowest BCUT2D eigenvalue weighted by Crippen LogP contribution is -2.25. The summed E-state index contributed by atoms with van der Waals surface area (Å²) in [5.41, 5.74) is 0. The van der Waals surface area contributed by atoms with Crippen LogP contribution in [0.25, 0.3) is 0 Å². The summed E-state index contributed by atoms with van der Waals surface area (Å²) in [5.74, 6) is -1.22. The summed E-state index contributed by atoms with van der Waals surface area (Å²) in [6.45, 7) is 2.43. The molecular weight excluding hydrogens is 228 g/mol. The summed E-state index contributed by atoms with van der Waals surface area (Å²) < 4.78 is 28.0. The molecule has 0 radical (unpaired) electrons. The van der Waals surface area contributed by atoms with E-state index in [0.29, 0.717) is 25.2 Å². The van der Waals surface area contributed by atoms with E-state index in [4.69, 9.17) is 5.11 Å². The average molecular weight is 245 g/mol. The maximum atomic E-state index is 13.1. The van der Waals surface area contributed by atoms with Crippen molar-refractivity contribution in [1.82, 2.24) is 14.8 Å². The molecule has 1 aromatic rings. The SMILES string of the molecule is CCn1c(CO)nnc1C1CCC(F)(F)CC1. The van der Waals surface area contributed by atoms with Gasteiger partial charge in [-0.25, -0.2) is 8.78 Å². The highest BCUT2D eigenvalue weighted by atomic mass is 19.3. The summed E-state index contributed by atoms with van der Waals surface area (Å²) in [6, 6.07) is 0. The summed E-state index contributed by atoms with van der Waals surface area (Å²) in [6.07, 6.45) is 0.721. The standard InChI is InChI=1S/C11H17F2N3O/c1-2-16-9(7-17)14-15-10(16)8-3-5-11(12,13)6-4-8/h8,17H,2-7H2,1H3. The number of nitrogens with zero attached hydrogens (tertiary/aromatic N) is 3. The molecule has 0 spiro atoms. The Hall–Kier alpha value is -1.04. The van der Waals surface area contributed by atoms with Crippen LogP contribution in [0.4, 0.5) is 8.78 Å². The van der Waals surface area contributed by atoms with Gasteiger partial charge in [0.1, 0.15) is 12.4 Å². The molecule has 1 heterocycles. The molecule has 0 aromatic carbocycles. The number of aliphatic hydroxyl groups excluding tert-OH is 1. The van der Waals surface area contributed by atoms with Crippen molar-refractivity contribution in [2.45, 2.75) is 57.6 Å². The van der Waals surface area contributed by atoms with Gasteiger partial charge in [0, 0.05) is 25.3 Å². The van der Waals surface area contributed by atoms with Crippen molar-refractivity contribution in [3.63, 3.8) is 0 Å². The molecule has 17 heavy (non-hydrogen) atoms. The van der Waals surface area contributed by atoms with Crippen LogP contribution in [0, 0.1) is 0 Å². The van der Waals surface area contributed by atoms with Crippen molar-refractivity contribution in [2.75, 3.05) is 0 Å². The third-order valence-electron chi connectivity index (χ3n) is 3.40. The smallest absolute Gasteiger partial charge is 0.248 e. The predicted molar refractivity (Wildman–Crippen MR) is 57.8 cm³/mol. The van der Waals surface area contributed by atoms with Gasteiger partial charge in [0.2, 0.25) is 5.92 Å². The minimum Gasteiger partial charge on any atom is -0.388 e. The highest BCUT2D eigenvalue weighted by Crippen LogP contribution is 2.40. The lowest BCUT2D eigenvalue weighted by atomic mass is 9.86. The van der Waals surface area contributed by atoms with Crippen molar-refractivity contribution in [2.24, 2.45) is 0 Å². The fraction of sp³-hybridized carbons (Fsp3) is 0.818. The van der Waals surface area contributed by atoms with Crippen LogP contribution in [0.15, 0.2) is 0 Å². The number of rotatable bonds is 3. The van der Waals surface area contributed by atoms with Crippen molar-refractivity contribution in [1.29, 1.82) is 0 Å². The van der Waals surface area contributed by atoms with Crippen LogP contribution in [0.3, 0.4) is 0 Å². The number of aliphatic hydroxyl groups is 1. The van der Waals surface area contributed by atoms with Crippen LogP contribution in [0.5, 0.6) is 0 Å². The molecule has 2 rings (SSSR count). The quantitative estimate of drug-likeness (QED) is 0.887. The fourth-order valence-electron chi connectivity index (χ4n) is 2.41. The largest absolute Gasteiger partial charge is 0.388 e. The third kappa shape index (κ3) is 2.46. The summed E-state index contributed by atoms with van der Waals surface area (Å²) in [5, 5.41) is 17.0. The lowest BCUT2D eigenvalue weighted by molar-refractivity contribution is -0.0390. The van der Waals surface area contributed by atoms with Gasteiger partial charge in [-0.2, -0.15) is 0 Å². The van der Waals surface area contributed by atoms with Gasteiger partial charge in [-0.05, 0) is 19.8 Å². The van der Waals surface area contributed by atoms with Crippen molar-refractivity contribution < 1.29 is 13.9 Å². The summed E-state index contributed by atoms with van der Waals surface area (Å²) in [4.78, 5) is 0. The molecule has 1 aliphatic carbocycles. The normalized spacial score (nSPS) is 20.7. The second kappa shape index (κ2) is 4.68. The summed E-state index contributed by atoms with van der Waals surface area (Å²) >= 11 is 0. The molecular formula is C11H17F2N3O. The van der Waals surface area contributed by atoms with Gasteiger partial charge in [0.15, 0.2) is 5.82 Å². The van der Waals surface area contributed by atoms with Crippen LogP contribution >= 0.6 is 0 Å². The van der Waals surface area contributed by atoms with Gasteiger partial charge in [-0.3, -0.25) is 0 Å². The topological polar surface area (TPSA) is 50.9 Å². The third-order valence-corrected chi connectivity index (χ3v) is 3.40. The molecule has 1 aliphatic rings. The van der Waals surface area contributed by atoms with Crippen molar-refractivity contribution in [3.8, 4) is 0 Å². The zero-order valence-corrected chi connectivity index (χ0v) is 9.86. The van der Waals surface area contributed by atoms with E-state index in [1.807, 2.05) is 11.5 Å². The monoisotopic (exact) mass is 245 g/mol. The Kier molecular flexibility index (Phi) is 3.42. The Morgan fingerprint density at radius 2 is 2.00 bits per heavy atom. The number of hydrogen-bond donors (Lipinski definition) is 1. The van der Waals surface area contributed by atoms with E-state index < -0.39 is 5.92 Å². The van der Waals surface area contributed by atoms with Gasteiger partial charge in [0.25, 0.3) is 0 Å². The first-order valence-electron chi connectivity index (χ1n) is 5.98. The number of hydrogen-bond acceptors (Lipinski definition) is 3. The van der Waals surface area contributed by atoms with E-state index in [1.54, 1.807) is 0 Å². The minimum atomic E-state index is -2.52.